The number of carbonyl (C=O) groups is 3. The van der Waals surface area contributed by atoms with E-state index in [1.165, 1.54) is 0 Å². The standard InChI is InChI=1S/C11H18N2O3.C3H5NO.Na/c1-4-6-7(3)11(5-2)8(14)12-10(16)13-9(11)15;1-2-3(4)5;/h7H,4-6H2,1-3H3,(H2,12,13,14,15,16);2H,1H2,(H2,4,5);/q;;+1/p-1. The predicted molar refractivity (Wildman–Crippen MR) is 76.8 cm³/mol. The average molecular weight is 319 g/mol. The van der Waals surface area contributed by atoms with Crippen LogP contribution in [-0.4, -0.2) is 23.7 Å². The monoisotopic (exact) mass is 319 g/mol. The first-order chi connectivity index (χ1) is 9.75. The van der Waals surface area contributed by atoms with Crippen LogP contribution < -0.4 is 45.7 Å². The second kappa shape index (κ2) is 10.5. The zero-order chi connectivity index (χ0) is 16.6. The normalized spacial score (nSPS) is 21.3. The van der Waals surface area contributed by atoms with Crippen LogP contribution in [0.1, 0.15) is 40.0 Å². The molecule has 0 spiro atoms. The maximum atomic E-state index is 11.9. The Labute approximate surface area is 152 Å². The largest absolute Gasteiger partial charge is 1.00 e. The van der Waals surface area contributed by atoms with Crippen molar-refractivity contribution >= 4 is 23.7 Å². The Morgan fingerprint density at radius 2 is 2.00 bits per heavy atom. The van der Waals surface area contributed by atoms with Gasteiger partial charge in [0.2, 0.25) is 11.8 Å². The van der Waals surface area contributed by atoms with Crippen molar-refractivity contribution in [1.29, 1.82) is 0 Å². The predicted octanol–water partition coefficient (Wildman–Crippen LogP) is -3.15. The number of hydrogen-bond donors (Lipinski definition) is 2. The Morgan fingerprint density at radius 3 is 2.32 bits per heavy atom. The topological polar surface area (TPSA) is 125 Å². The molecule has 0 saturated carbocycles. The van der Waals surface area contributed by atoms with Crippen LogP contribution in [0, 0.1) is 11.3 Å². The molecule has 0 fully saturated rings. The molecule has 3 amide bonds. The van der Waals surface area contributed by atoms with Crippen LogP contribution in [-0.2, 0) is 14.4 Å². The minimum Gasteiger partial charge on any atom is -0.846 e. The van der Waals surface area contributed by atoms with Crippen LogP contribution in [0.2, 0.25) is 0 Å². The Kier molecular flexibility index (Phi) is 11.1. The van der Waals surface area contributed by atoms with Crippen molar-refractivity contribution in [2.75, 3.05) is 0 Å². The van der Waals surface area contributed by atoms with Crippen LogP contribution in [0.25, 0.3) is 0 Å². The molecule has 1 heterocycles. The van der Waals surface area contributed by atoms with Gasteiger partial charge in [0, 0.05) is 0 Å². The second-order valence-corrected chi connectivity index (χ2v) is 4.80. The maximum absolute atomic E-state index is 11.9. The molecule has 1 aliphatic rings. The van der Waals surface area contributed by atoms with Gasteiger partial charge < -0.3 is 16.2 Å². The molecule has 0 radical (unpaired) electrons. The molecular formula is C14H22N3NaO4. The van der Waals surface area contributed by atoms with Crippen molar-refractivity contribution in [1.82, 2.24) is 5.32 Å². The number of hydrogen-bond acceptors (Lipinski definition) is 4. The molecule has 7 nitrogen and oxygen atoms in total. The number of aliphatic imine (C=N–C) groups is 1. The number of nitrogens with two attached hydrogens (primary N) is 1. The molecule has 1 aliphatic heterocycles. The summed E-state index contributed by atoms with van der Waals surface area (Å²) in [7, 11) is 0. The molecule has 0 bridgehead atoms. The van der Waals surface area contributed by atoms with E-state index in [0.29, 0.717) is 6.42 Å². The van der Waals surface area contributed by atoms with E-state index in [-0.39, 0.29) is 35.5 Å². The fraction of sp³-hybridized carbons (Fsp3) is 0.571. The Morgan fingerprint density at radius 1 is 1.50 bits per heavy atom. The molecule has 2 unspecified atom stereocenters. The van der Waals surface area contributed by atoms with Gasteiger partial charge in [0.1, 0.15) is 5.41 Å². The van der Waals surface area contributed by atoms with Gasteiger partial charge in [-0.15, -0.1) is 0 Å². The number of rotatable bonds is 5. The number of primary amides is 1. The third-order valence-electron chi connectivity index (χ3n) is 3.53. The summed E-state index contributed by atoms with van der Waals surface area (Å²) in [5, 5.41) is 13.1. The molecule has 8 heteroatoms. The second-order valence-electron chi connectivity index (χ2n) is 4.80. The van der Waals surface area contributed by atoms with Crippen molar-refractivity contribution in [3.05, 3.63) is 12.7 Å². The van der Waals surface area contributed by atoms with Gasteiger partial charge in [0.25, 0.3) is 5.91 Å². The Balaban J connectivity index is 0. The Bertz CT molecular complexity index is 465. The van der Waals surface area contributed by atoms with Crippen LogP contribution in [0.15, 0.2) is 17.6 Å². The molecule has 3 N–H and O–H groups in total. The average Bonchev–Trinajstić information content (AvgIpc) is 2.39. The summed E-state index contributed by atoms with van der Waals surface area (Å²) >= 11 is 0. The SMILES string of the molecule is C=CC(N)=O.CCCC(C)C1(CC)C(=O)N=C([O-])NC1=O.[Na+]. The van der Waals surface area contributed by atoms with Crippen LogP contribution in [0.4, 0.5) is 0 Å². The van der Waals surface area contributed by atoms with Crippen molar-refractivity contribution < 1.29 is 49.0 Å². The van der Waals surface area contributed by atoms with Crippen molar-refractivity contribution in [2.45, 2.75) is 40.0 Å². The number of nitrogens with one attached hydrogen (secondary N) is 1. The summed E-state index contributed by atoms with van der Waals surface area (Å²) in [4.78, 5) is 36.5. The van der Waals surface area contributed by atoms with E-state index in [4.69, 9.17) is 0 Å². The molecule has 2 atom stereocenters. The van der Waals surface area contributed by atoms with Crippen LogP contribution >= 0.6 is 0 Å². The first kappa shape index (κ1) is 23.1. The summed E-state index contributed by atoms with van der Waals surface area (Å²) in [6, 6.07) is -0.845. The van der Waals surface area contributed by atoms with Gasteiger partial charge in [0.15, 0.2) is 0 Å². The summed E-state index contributed by atoms with van der Waals surface area (Å²) < 4.78 is 0. The molecular weight excluding hydrogens is 297 g/mol. The number of amides is 3. The molecule has 22 heavy (non-hydrogen) atoms. The van der Waals surface area contributed by atoms with E-state index in [2.05, 4.69) is 22.6 Å². The van der Waals surface area contributed by atoms with Crippen LogP contribution in [0.3, 0.4) is 0 Å². The molecule has 118 valence electrons. The zero-order valence-electron chi connectivity index (χ0n) is 13.6. The fourth-order valence-electron chi connectivity index (χ4n) is 2.30. The first-order valence-corrected chi connectivity index (χ1v) is 6.79. The van der Waals surface area contributed by atoms with Crippen molar-refractivity contribution in [3.8, 4) is 0 Å². The van der Waals surface area contributed by atoms with E-state index in [1.807, 2.05) is 13.8 Å². The molecule has 0 aromatic rings. The number of amidine groups is 1. The quantitative estimate of drug-likeness (QED) is 0.315. The number of nitrogens with zero attached hydrogens (tertiary/aromatic N) is 1. The summed E-state index contributed by atoms with van der Waals surface area (Å²) in [5.41, 5.74) is 3.39. The van der Waals surface area contributed by atoms with E-state index in [1.54, 1.807) is 6.92 Å². The first-order valence-electron chi connectivity index (χ1n) is 6.79. The van der Waals surface area contributed by atoms with Gasteiger partial charge in [-0.2, -0.15) is 0 Å². The van der Waals surface area contributed by atoms with E-state index in [0.717, 1.165) is 18.9 Å². The number of carbonyl (C=O) groups excluding carboxylic acids is 3. The van der Waals surface area contributed by atoms with E-state index < -0.39 is 29.2 Å². The molecule has 0 aliphatic carbocycles. The summed E-state index contributed by atoms with van der Waals surface area (Å²) in [6.45, 7) is 8.71. The minimum absolute atomic E-state index is 0. The minimum atomic E-state index is -1.15. The molecule has 0 saturated heterocycles. The van der Waals surface area contributed by atoms with Gasteiger partial charge in [-0.05, 0) is 24.8 Å². The smallest absolute Gasteiger partial charge is 0.846 e. The van der Waals surface area contributed by atoms with Crippen molar-refractivity contribution in [2.24, 2.45) is 22.1 Å². The molecule has 1 rings (SSSR count). The van der Waals surface area contributed by atoms with Gasteiger partial charge in [-0.1, -0.05) is 33.8 Å². The zero-order valence-corrected chi connectivity index (χ0v) is 15.6. The van der Waals surface area contributed by atoms with Gasteiger partial charge in [-0.3, -0.25) is 14.4 Å². The van der Waals surface area contributed by atoms with Gasteiger partial charge in [-0.25, -0.2) is 4.99 Å². The third kappa shape index (κ3) is 5.55. The Hall–Kier alpha value is -1.18. The summed E-state index contributed by atoms with van der Waals surface area (Å²) in [6.07, 6.45) is 3.07. The van der Waals surface area contributed by atoms with Gasteiger partial charge >= 0.3 is 29.6 Å². The van der Waals surface area contributed by atoms with Crippen molar-refractivity contribution in [3.63, 3.8) is 0 Å². The van der Waals surface area contributed by atoms with Crippen LogP contribution in [0.5, 0.6) is 0 Å². The van der Waals surface area contributed by atoms with E-state index >= 15 is 0 Å². The fourth-order valence-corrected chi connectivity index (χ4v) is 2.30. The molecule has 0 aromatic heterocycles. The van der Waals surface area contributed by atoms with E-state index in [9.17, 15) is 19.5 Å². The maximum Gasteiger partial charge on any atom is 1.00 e. The summed E-state index contributed by atoms with van der Waals surface area (Å²) in [5.74, 6) is -1.68. The van der Waals surface area contributed by atoms with Gasteiger partial charge in [0.05, 0.1) is 6.02 Å². The third-order valence-corrected chi connectivity index (χ3v) is 3.53. The molecule has 0 aromatic carbocycles.